The highest BCUT2D eigenvalue weighted by Gasteiger charge is 2.22. The van der Waals surface area contributed by atoms with Crippen LogP contribution in [0.25, 0.3) is 0 Å². The number of hydrogen-bond donors (Lipinski definition) is 1. The molecule has 4 heteroatoms. The van der Waals surface area contributed by atoms with Crippen LogP contribution in [0.15, 0.2) is 0 Å². The van der Waals surface area contributed by atoms with Crippen molar-refractivity contribution < 1.29 is 14.7 Å². The molecule has 0 rings (SSSR count). The molecule has 1 amide bonds. The van der Waals surface area contributed by atoms with Crippen LogP contribution in [0.4, 0.5) is 0 Å². The van der Waals surface area contributed by atoms with Crippen molar-refractivity contribution in [3.63, 3.8) is 0 Å². The lowest BCUT2D eigenvalue weighted by atomic mass is 10.1. The third-order valence-electron chi connectivity index (χ3n) is 2.13. The van der Waals surface area contributed by atoms with Gasteiger partial charge < -0.3 is 10.0 Å². The third kappa shape index (κ3) is 4.25. The quantitative estimate of drug-likeness (QED) is 0.605. The van der Waals surface area contributed by atoms with E-state index in [9.17, 15) is 9.59 Å². The number of carbonyl (C=O) groups excluding carboxylic acids is 1. The van der Waals surface area contributed by atoms with E-state index in [0.717, 1.165) is 19.3 Å². The standard InChI is InChI=1S/C10H19NO3/c1-3-5-6-9(10(13)14)11(8-12)7-4-2/h8-9H,3-7H2,1-2H3,(H,13,14). The molecule has 0 fully saturated rings. The Morgan fingerprint density at radius 2 is 2.07 bits per heavy atom. The van der Waals surface area contributed by atoms with Gasteiger partial charge in [0.05, 0.1) is 0 Å². The summed E-state index contributed by atoms with van der Waals surface area (Å²) in [4.78, 5) is 22.9. The number of nitrogens with zero attached hydrogens (tertiary/aromatic N) is 1. The molecule has 0 aromatic carbocycles. The van der Waals surface area contributed by atoms with E-state index >= 15 is 0 Å². The Morgan fingerprint density at radius 3 is 2.43 bits per heavy atom. The second-order valence-corrected chi connectivity index (χ2v) is 3.34. The van der Waals surface area contributed by atoms with Crippen LogP contribution in [0.3, 0.4) is 0 Å². The maximum Gasteiger partial charge on any atom is 0.326 e. The van der Waals surface area contributed by atoms with Crippen molar-refractivity contribution in [2.45, 2.75) is 45.6 Å². The summed E-state index contributed by atoms with van der Waals surface area (Å²) < 4.78 is 0. The first-order valence-corrected chi connectivity index (χ1v) is 5.11. The molecule has 82 valence electrons. The van der Waals surface area contributed by atoms with Gasteiger partial charge in [-0.15, -0.1) is 0 Å². The van der Waals surface area contributed by atoms with Crippen molar-refractivity contribution in [2.75, 3.05) is 6.54 Å². The second-order valence-electron chi connectivity index (χ2n) is 3.34. The topological polar surface area (TPSA) is 57.6 Å². The van der Waals surface area contributed by atoms with Crippen LogP contribution >= 0.6 is 0 Å². The van der Waals surface area contributed by atoms with Crippen LogP contribution in [0, 0.1) is 0 Å². The van der Waals surface area contributed by atoms with E-state index in [-0.39, 0.29) is 0 Å². The van der Waals surface area contributed by atoms with E-state index < -0.39 is 12.0 Å². The van der Waals surface area contributed by atoms with Gasteiger partial charge >= 0.3 is 5.97 Å². The summed E-state index contributed by atoms with van der Waals surface area (Å²) in [6.45, 7) is 4.45. The Bertz CT molecular complexity index is 182. The Labute approximate surface area is 84.9 Å². The molecule has 0 bridgehead atoms. The molecule has 14 heavy (non-hydrogen) atoms. The number of unbranched alkanes of at least 4 members (excludes halogenated alkanes) is 1. The van der Waals surface area contributed by atoms with Gasteiger partial charge in [0.15, 0.2) is 0 Å². The molecule has 0 aromatic rings. The summed E-state index contributed by atoms with van der Waals surface area (Å²) in [5, 5.41) is 8.93. The van der Waals surface area contributed by atoms with Crippen LogP contribution in [0.1, 0.15) is 39.5 Å². The van der Waals surface area contributed by atoms with Crippen molar-refractivity contribution in [2.24, 2.45) is 0 Å². The summed E-state index contributed by atoms with van der Waals surface area (Å²) in [5.74, 6) is -0.904. The minimum absolute atomic E-state index is 0.518. The molecule has 1 N–H and O–H groups in total. The molecule has 0 spiro atoms. The number of amides is 1. The smallest absolute Gasteiger partial charge is 0.326 e. The van der Waals surface area contributed by atoms with Crippen LogP contribution in [0.5, 0.6) is 0 Å². The Morgan fingerprint density at radius 1 is 1.43 bits per heavy atom. The van der Waals surface area contributed by atoms with E-state index in [1.54, 1.807) is 0 Å². The maximum absolute atomic E-state index is 10.9. The normalized spacial score (nSPS) is 12.1. The van der Waals surface area contributed by atoms with Crippen molar-refractivity contribution in [1.29, 1.82) is 0 Å². The molecule has 0 aromatic heterocycles. The molecule has 1 atom stereocenters. The lowest BCUT2D eigenvalue weighted by Gasteiger charge is -2.24. The monoisotopic (exact) mass is 201 g/mol. The van der Waals surface area contributed by atoms with Gasteiger partial charge in [0.25, 0.3) is 0 Å². The number of carboxylic acid groups (broad SMARTS) is 1. The zero-order valence-electron chi connectivity index (χ0n) is 8.90. The minimum atomic E-state index is -0.904. The highest BCUT2D eigenvalue weighted by Crippen LogP contribution is 2.08. The zero-order chi connectivity index (χ0) is 11.0. The molecule has 1 unspecified atom stereocenters. The molecule has 0 aliphatic heterocycles. The molecule has 0 saturated heterocycles. The van der Waals surface area contributed by atoms with Gasteiger partial charge in [0, 0.05) is 6.54 Å². The average Bonchev–Trinajstić information content (AvgIpc) is 2.16. The lowest BCUT2D eigenvalue weighted by Crippen LogP contribution is -2.40. The van der Waals surface area contributed by atoms with Gasteiger partial charge in [-0.3, -0.25) is 4.79 Å². The van der Waals surface area contributed by atoms with E-state index in [1.807, 2.05) is 13.8 Å². The third-order valence-corrected chi connectivity index (χ3v) is 2.13. The van der Waals surface area contributed by atoms with Gasteiger partial charge in [-0.25, -0.2) is 4.79 Å². The predicted molar refractivity (Wildman–Crippen MR) is 54.0 cm³/mol. The first kappa shape index (κ1) is 12.9. The molecule has 0 aliphatic carbocycles. The Hall–Kier alpha value is -1.06. The number of carboxylic acids is 1. The molecular weight excluding hydrogens is 182 g/mol. The highest BCUT2D eigenvalue weighted by molar-refractivity contribution is 5.76. The molecule has 0 heterocycles. The van der Waals surface area contributed by atoms with Gasteiger partial charge in [-0.2, -0.15) is 0 Å². The van der Waals surface area contributed by atoms with Gasteiger partial charge in [0.2, 0.25) is 6.41 Å². The van der Waals surface area contributed by atoms with Crippen LogP contribution in [0.2, 0.25) is 0 Å². The molecule has 0 saturated carbocycles. The number of rotatable bonds is 8. The van der Waals surface area contributed by atoms with Crippen molar-refractivity contribution in [3.05, 3.63) is 0 Å². The SMILES string of the molecule is CCCCC(C(=O)O)N(C=O)CCC. The fourth-order valence-electron chi connectivity index (χ4n) is 1.37. The van der Waals surface area contributed by atoms with E-state index in [4.69, 9.17) is 5.11 Å². The molecule has 0 radical (unpaired) electrons. The Kier molecular flexibility index (Phi) is 6.80. The predicted octanol–water partition coefficient (Wildman–Crippen LogP) is 1.50. The number of hydrogen-bond acceptors (Lipinski definition) is 2. The second kappa shape index (κ2) is 7.35. The summed E-state index contributed by atoms with van der Waals surface area (Å²) in [6, 6.07) is -0.646. The van der Waals surface area contributed by atoms with Crippen LogP contribution in [-0.4, -0.2) is 35.0 Å². The summed E-state index contributed by atoms with van der Waals surface area (Å²) >= 11 is 0. The number of aliphatic carboxylic acids is 1. The Balaban J connectivity index is 4.27. The van der Waals surface area contributed by atoms with Crippen LogP contribution in [-0.2, 0) is 9.59 Å². The first-order chi connectivity index (χ1) is 6.67. The summed E-state index contributed by atoms with van der Waals surface area (Å²) in [6.07, 6.45) is 3.75. The van der Waals surface area contributed by atoms with E-state index in [2.05, 4.69) is 0 Å². The molecule has 4 nitrogen and oxygen atoms in total. The summed E-state index contributed by atoms with van der Waals surface area (Å²) in [5.41, 5.74) is 0. The molecule has 0 aliphatic rings. The van der Waals surface area contributed by atoms with Crippen molar-refractivity contribution in [3.8, 4) is 0 Å². The van der Waals surface area contributed by atoms with E-state index in [0.29, 0.717) is 19.4 Å². The van der Waals surface area contributed by atoms with Gasteiger partial charge in [-0.1, -0.05) is 26.7 Å². The first-order valence-electron chi connectivity index (χ1n) is 5.11. The minimum Gasteiger partial charge on any atom is -0.480 e. The van der Waals surface area contributed by atoms with Crippen molar-refractivity contribution in [1.82, 2.24) is 4.90 Å². The fourth-order valence-corrected chi connectivity index (χ4v) is 1.37. The van der Waals surface area contributed by atoms with E-state index in [1.165, 1.54) is 4.90 Å². The largest absolute Gasteiger partial charge is 0.480 e. The number of carbonyl (C=O) groups is 2. The fraction of sp³-hybridized carbons (Fsp3) is 0.800. The zero-order valence-corrected chi connectivity index (χ0v) is 8.90. The summed E-state index contributed by atoms with van der Waals surface area (Å²) in [7, 11) is 0. The maximum atomic E-state index is 10.9. The van der Waals surface area contributed by atoms with Crippen LogP contribution < -0.4 is 0 Å². The van der Waals surface area contributed by atoms with Gasteiger partial charge in [0.1, 0.15) is 6.04 Å². The van der Waals surface area contributed by atoms with Crippen molar-refractivity contribution >= 4 is 12.4 Å². The van der Waals surface area contributed by atoms with Gasteiger partial charge in [-0.05, 0) is 12.8 Å². The average molecular weight is 201 g/mol. The highest BCUT2D eigenvalue weighted by atomic mass is 16.4. The molecular formula is C10H19NO3. The lowest BCUT2D eigenvalue weighted by molar-refractivity contribution is -0.146.